The summed E-state index contributed by atoms with van der Waals surface area (Å²) in [5.41, 5.74) is 8.69. The molecule has 3 N–H and O–H groups in total. The lowest BCUT2D eigenvalue weighted by molar-refractivity contribution is -0.119. The first-order valence-electron chi connectivity index (χ1n) is 8.30. The Morgan fingerprint density at radius 3 is 2.65 bits per heavy atom. The largest absolute Gasteiger partial charge is 0.437 e. The summed E-state index contributed by atoms with van der Waals surface area (Å²) >= 11 is 0. The predicted molar refractivity (Wildman–Crippen MR) is 109 cm³/mol. The molecule has 0 saturated heterocycles. The number of aryl methyl sites for hydroxylation is 1. The van der Waals surface area contributed by atoms with E-state index in [9.17, 15) is 4.79 Å². The number of pyridine rings is 1. The summed E-state index contributed by atoms with van der Waals surface area (Å²) in [7, 11) is 0. The van der Waals surface area contributed by atoms with Gasteiger partial charge in [-0.1, -0.05) is 12.1 Å². The number of amides is 1. The zero-order chi connectivity index (χ0) is 17.1. The number of carbonyl (C=O) groups is 1. The van der Waals surface area contributed by atoms with Crippen LogP contribution in [0.1, 0.15) is 30.4 Å². The molecule has 1 saturated carbocycles. The average molecular weight is 398 g/mol. The lowest BCUT2D eigenvalue weighted by Gasteiger charge is -2.15. The first-order valence-corrected chi connectivity index (χ1v) is 8.30. The lowest BCUT2D eigenvalue weighted by atomic mass is 10.1. The van der Waals surface area contributed by atoms with Gasteiger partial charge in [-0.25, -0.2) is 4.98 Å². The van der Waals surface area contributed by atoms with Gasteiger partial charge in [-0.05, 0) is 62.4 Å². The van der Waals surface area contributed by atoms with E-state index in [-0.39, 0.29) is 42.7 Å². The van der Waals surface area contributed by atoms with Crippen LogP contribution in [0.15, 0.2) is 36.5 Å². The molecule has 1 aliphatic rings. The fraction of sp³-hybridized carbons (Fsp3) is 0.368. The molecule has 142 valence electrons. The fourth-order valence-electron chi connectivity index (χ4n) is 3.00. The maximum Gasteiger partial charge on any atom is 0.243 e. The Balaban J connectivity index is 0.00000169. The fourth-order valence-corrected chi connectivity index (χ4v) is 3.00. The van der Waals surface area contributed by atoms with Gasteiger partial charge in [0.15, 0.2) is 0 Å². The van der Waals surface area contributed by atoms with Crippen LogP contribution in [-0.4, -0.2) is 16.9 Å². The Kier molecular flexibility index (Phi) is 8.34. The molecule has 0 radical (unpaired) electrons. The molecule has 1 aliphatic carbocycles. The Bertz CT molecular complexity index is 755. The minimum absolute atomic E-state index is 0. The molecule has 1 fully saturated rings. The molecule has 1 heterocycles. The molecular weight excluding hydrogens is 373 g/mol. The highest BCUT2D eigenvalue weighted by Gasteiger charge is 2.28. The van der Waals surface area contributed by atoms with Crippen molar-refractivity contribution in [2.45, 2.75) is 39.2 Å². The lowest BCUT2D eigenvalue weighted by Crippen LogP contribution is -2.23. The van der Waals surface area contributed by atoms with Gasteiger partial charge in [0, 0.05) is 18.2 Å². The SMILES string of the molecule is Cc1cccc(Oc2ncccc2NC(=O)C2CCC(N)C2)c1C.Cl.Cl. The van der Waals surface area contributed by atoms with E-state index in [0.717, 1.165) is 36.1 Å². The molecule has 7 heteroatoms. The van der Waals surface area contributed by atoms with E-state index in [1.165, 1.54) is 0 Å². The maximum absolute atomic E-state index is 12.4. The maximum atomic E-state index is 12.4. The monoisotopic (exact) mass is 397 g/mol. The summed E-state index contributed by atoms with van der Waals surface area (Å²) in [6.45, 7) is 4.04. The van der Waals surface area contributed by atoms with Gasteiger partial charge in [0.25, 0.3) is 0 Å². The first kappa shape index (κ1) is 22.2. The van der Waals surface area contributed by atoms with Crippen LogP contribution in [-0.2, 0) is 4.79 Å². The second kappa shape index (κ2) is 9.76. The molecule has 3 rings (SSSR count). The van der Waals surface area contributed by atoms with Crippen molar-refractivity contribution >= 4 is 36.4 Å². The minimum Gasteiger partial charge on any atom is -0.437 e. The third kappa shape index (κ3) is 5.10. The van der Waals surface area contributed by atoms with Crippen molar-refractivity contribution in [1.82, 2.24) is 4.98 Å². The summed E-state index contributed by atoms with van der Waals surface area (Å²) in [6.07, 6.45) is 4.12. The first-order chi connectivity index (χ1) is 11.5. The Hall–Kier alpha value is -1.82. The van der Waals surface area contributed by atoms with Crippen molar-refractivity contribution in [2.24, 2.45) is 11.7 Å². The van der Waals surface area contributed by atoms with E-state index < -0.39 is 0 Å². The van der Waals surface area contributed by atoms with Crippen LogP contribution in [0, 0.1) is 19.8 Å². The van der Waals surface area contributed by atoms with Crippen molar-refractivity contribution in [3.05, 3.63) is 47.7 Å². The molecule has 26 heavy (non-hydrogen) atoms. The second-order valence-electron chi connectivity index (χ2n) is 6.42. The van der Waals surface area contributed by atoms with Crippen molar-refractivity contribution < 1.29 is 9.53 Å². The number of nitrogens with one attached hydrogen (secondary N) is 1. The smallest absolute Gasteiger partial charge is 0.243 e. The van der Waals surface area contributed by atoms with Crippen LogP contribution in [0.2, 0.25) is 0 Å². The Morgan fingerprint density at radius 1 is 1.19 bits per heavy atom. The number of ether oxygens (including phenoxy) is 1. The predicted octanol–water partition coefficient (Wildman–Crippen LogP) is 4.40. The van der Waals surface area contributed by atoms with Gasteiger partial charge in [-0.3, -0.25) is 4.79 Å². The number of anilines is 1. The van der Waals surface area contributed by atoms with E-state index in [4.69, 9.17) is 10.5 Å². The van der Waals surface area contributed by atoms with Gasteiger partial charge in [-0.15, -0.1) is 24.8 Å². The standard InChI is InChI=1S/C19H23N3O2.2ClH/c1-12-5-3-7-17(13(12)2)24-19-16(6-4-10-21-19)22-18(23)14-8-9-15(20)11-14;;/h3-7,10,14-15H,8-9,11,20H2,1-2H3,(H,22,23);2*1H. The summed E-state index contributed by atoms with van der Waals surface area (Å²) in [5.74, 6) is 1.10. The van der Waals surface area contributed by atoms with Gasteiger partial charge < -0.3 is 15.8 Å². The quantitative estimate of drug-likeness (QED) is 0.800. The van der Waals surface area contributed by atoms with Gasteiger partial charge in [0.1, 0.15) is 11.4 Å². The zero-order valence-electron chi connectivity index (χ0n) is 14.9. The van der Waals surface area contributed by atoms with Crippen LogP contribution < -0.4 is 15.8 Å². The van der Waals surface area contributed by atoms with Crippen LogP contribution in [0.5, 0.6) is 11.6 Å². The summed E-state index contributed by atoms with van der Waals surface area (Å²) in [6, 6.07) is 9.59. The number of benzene rings is 1. The van der Waals surface area contributed by atoms with Gasteiger partial charge >= 0.3 is 0 Å². The average Bonchev–Trinajstić information content (AvgIpc) is 3.00. The molecule has 0 aliphatic heterocycles. The topological polar surface area (TPSA) is 77.2 Å². The molecular formula is C19H25Cl2N3O2. The van der Waals surface area contributed by atoms with Crippen molar-refractivity contribution in [1.29, 1.82) is 0 Å². The molecule has 1 aromatic carbocycles. The van der Waals surface area contributed by atoms with Gasteiger partial charge in [0.2, 0.25) is 11.8 Å². The van der Waals surface area contributed by atoms with E-state index >= 15 is 0 Å². The third-order valence-electron chi connectivity index (χ3n) is 4.63. The number of carbonyl (C=O) groups excluding carboxylic acids is 1. The number of nitrogens with zero attached hydrogens (tertiary/aromatic N) is 1. The van der Waals surface area contributed by atoms with Crippen LogP contribution in [0.25, 0.3) is 0 Å². The summed E-state index contributed by atoms with van der Waals surface area (Å²) < 4.78 is 5.96. The molecule has 5 nitrogen and oxygen atoms in total. The van der Waals surface area contributed by atoms with E-state index in [1.807, 2.05) is 32.0 Å². The van der Waals surface area contributed by atoms with E-state index in [0.29, 0.717) is 11.6 Å². The number of hydrogen-bond acceptors (Lipinski definition) is 4. The highest BCUT2D eigenvalue weighted by Crippen LogP contribution is 2.32. The third-order valence-corrected chi connectivity index (χ3v) is 4.63. The molecule has 2 aromatic rings. The number of halogens is 2. The molecule has 0 spiro atoms. The number of nitrogens with two attached hydrogens (primary N) is 1. The minimum atomic E-state index is -0.0336. The van der Waals surface area contributed by atoms with Crippen molar-refractivity contribution in [3.63, 3.8) is 0 Å². The zero-order valence-corrected chi connectivity index (χ0v) is 16.5. The molecule has 1 aromatic heterocycles. The van der Waals surface area contributed by atoms with Crippen LogP contribution in [0.3, 0.4) is 0 Å². The highest BCUT2D eigenvalue weighted by atomic mass is 35.5. The highest BCUT2D eigenvalue weighted by molar-refractivity contribution is 5.93. The van der Waals surface area contributed by atoms with Gasteiger partial charge in [-0.2, -0.15) is 0 Å². The Morgan fingerprint density at radius 2 is 1.96 bits per heavy atom. The van der Waals surface area contributed by atoms with E-state index in [1.54, 1.807) is 18.3 Å². The molecule has 2 atom stereocenters. The van der Waals surface area contributed by atoms with Crippen LogP contribution in [0.4, 0.5) is 5.69 Å². The number of rotatable bonds is 4. The Labute approximate surface area is 166 Å². The molecule has 0 bridgehead atoms. The van der Waals surface area contributed by atoms with E-state index in [2.05, 4.69) is 10.3 Å². The van der Waals surface area contributed by atoms with Crippen LogP contribution >= 0.6 is 24.8 Å². The summed E-state index contributed by atoms with van der Waals surface area (Å²) in [4.78, 5) is 16.7. The normalized spacial score (nSPS) is 18.4. The second-order valence-corrected chi connectivity index (χ2v) is 6.42. The molecule has 1 amide bonds. The molecule has 2 unspecified atom stereocenters. The number of aromatic nitrogens is 1. The summed E-state index contributed by atoms with van der Waals surface area (Å²) in [5, 5.41) is 2.95. The van der Waals surface area contributed by atoms with Crippen molar-refractivity contribution in [2.75, 3.05) is 5.32 Å². The van der Waals surface area contributed by atoms with Crippen molar-refractivity contribution in [3.8, 4) is 11.6 Å². The van der Waals surface area contributed by atoms with Gasteiger partial charge in [0.05, 0.1) is 0 Å². The number of hydrogen-bond donors (Lipinski definition) is 2.